The highest BCUT2D eigenvalue weighted by atomic mass is 32.1. The Hall–Kier alpha value is -2.99. The first-order chi connectivity index (χ1) is 13.3. The predicted octanol–water partition coefficient (Wildman–Crippen LogP) is 4.93. The molecular weight excluding hydrogens is 358 g/mol. The summed E-state index contributed by atoms with van der Waals surface area (Å²) in [7, 11) is 0. The minimum absolute atomic E-state index is 0.00627. The molecule has 1 amide bonds. The number of carbonyl (C=O) groups is 1. The number of fused-ring (bicyclic) bond motifs is 1. The third-order valence-electron chi connectivity index (χ3n) is 4.90. The highest BCUT2D eigenvalue weighted by Crippen LogP contribution is 2.37. The standard InChI is InChI=1S/C21H17N3O2S/c25-21(16-13-18(26-23-16)14-7-2-1-3-8-14)24-12-6-10-17(24)20-22-15-9-4-5-11-19(15)27-20/h1-5,7-9,11,13,17H,6,10,12H2. The largest absolute Gasteiger partial charge is 0.355 e. The van der Waals surface area contributed by atoms with Crippen LogP contribution in [0.2, 0.25) is 0 Å². The average molecular weight is 375 g/mol. The number of likely N-dealkylation sites (tertiary alicyclic amines) is 1. The maximum Gasteiger partial charge on any atom is 0.276 e. The lowest BCUT2D eigenvalue weighted by molar-refractivity contribution is 0.0725. The molecule has 1 fully saturated rings. The fraction of sp³-hybridized carbons (Fsp3) is 0.190. The summed E-state index contributed by atoms with van der Waals surface area (Å²) in [5.41, 5.74) is 2.25. The van der Waals surface area contributed by atoms with E-state index < -0.39 is 0 Å². The van der Waals surface area contributed by atoms with Gasteiger partial charge in [-0.2, -0.15) is 0 Å². The second-order valence-electron chi connectivity index (χ2n) is 6.62. The quantitative estimate of drug-likeness (QED) is 0.509. The number of hydrogen-bond acceptors (Lipinski definition) is 5. The van der Waals surface area contributed by atoms with E-state index in [-0.39, 0.29) is 11.9 Å². The van der Waals surface area contributed by atoms with Gasteiger partial charge in [-0.15, -0.1) is 11.3 Å². The number of nitrogens with zero attached hydrogens (tertiary/aromatic N) is 3. The van der Waals surface area contributed by atoms with E-state index in [1.54, 1.807) is 17.4 Å². The molecule has 5 nitrogen and oxygen atoms in total. The molecular formula is C21H17N3O2S. The van der Waals surface area contributed by atoms with Crippen LogP contribution in [0.1, 0.15) is 34.4 Å². The van der Waals surface area contributed by atoms with Crippen LogP contribution in [0.15, 0.2) is 65.2 Å². The molecule has 6 heteroatoms. The van der Waals surface area contributed by atoms with Crippen molar-refractivity contribution in [1.29, 1.82) is 0 Å². The monoisotopic (exact) mass is 375 g/mol. The van der Waals surface area contributed by atoms with Crippen molar-refractivity contribution in [3.05, 3.63) is 71.4 Å². The first-order valence-electron chi connectivity index (χ1n) is 8.98. The Balaban J connectivity index is 1.43. The summed E-state index contributed by atoms with van der Waals surface area (Å²) in [6.07, 6.45) is 1.89. The zero-order chi connectivity index (χ0) is 18.2. The summed E-state index contributed by atoms with van der Waals surface area (Å²) in [6, 6.07) is 19.5. The van der Waals surface area contributed by atoms with Gasteiger partial charge in [0.15, 0.2) is 11.5 Å². The first-order valence-corrected chi connectivity index (χ1v) is 9.80. The number of thiazole rings is 1. The number of amides is 1. The van der Waals surface area contributed by atoms with E-state index in [0.717, 1.165) is 33.6 Å². The van der Waals surface area contributed by atoms with E-state index in [1.165, 1.54) is 0 Å². The van der Waals surface area contributed by atoms with Crippen LogP contribution in [0.25, 0.3) is 21.5 Å². The maximum atomic E-state index is 13.1. The minimum Gasteiger partial charge on any atom is -0.355 e. The van der Waals surface area contributed by atoms with Gasteiger partial charge in [-0.1, -0.05) is 47.6 Å². The highest BCUT2D eigenvalue weighted by Gasteiger charge is 2.34. The van der Waals surface area contributed by atoms with Crippen molar-refractivity contribution >= 4 is 27.5 Å². The van der Waals surface area contributed by atoms with E-state index in [4.69, 9.17) is 9.51 Å². The molecule has 0 bridgehead atoms. The number of hydrogen-bond donors (Lipinski definition) is 0. The molecule has 1 unspecified atom stereocenters. The summed E-state index contributed by atoms with van der Waals surface area (Å²) in [4.78, 5) is 19.7. The molecule has 1 saturated heterocycles. The number of para-hydroxylation sites is 1. The second kappa shape index (κ2) is 6.63. The van der Waals surface area contributed by atoms with Crippen LogP contribution >= 0.6 is 11.3 Å². The molecule has 1 atom stereocenters. The number of aromatic nitrogens is 2. The molecule has 2 aromatic carbocycles. The van der Waals surface area contributed by atoms with Gasteiger partial charge in [-0.25, -0.2) is 4.98 Å². The third kappa shape index (κ3) is 2.92. The smallest absolute Gasteiger partial charge is 0.276 e. The molecule has 1 aliphatic heterocycles. The van der Waals surface area contributed by atoms with Gasteiger partial charge in [0.25, 0.3) is 5.91 Å². The van der Waals surface area contributed by atoms with Crippen molar-refractivity contribution in [2.75, 3.05) is 6.54 Å². The normalized spacial score (nSPS) is 16.9. The third-order valence-corrected chi connectivity index (χ3v) is 6.03. The Morgan fingerprint density at radius 3 is 2.78 bits per heavy atom. The molecule has 2 aromatic heterocycles. The van der Waals surface area contributed by atoms with Gasteiger partial charge >= 0.3 is 0 Å². The highest BCUT2D eigenvalue weighted by molar-refractivity contribution is 7.18. The zero-order valence-electron chi connectivity index (χ0n) is 14.5. The Labute approximate surface area is 160 Å². The van der Waals surface area contributed by atoms with Crippen LogP contribution in [0.5, 0.6) is 0 Å². The number of rotatable bonds is 3. The van der Waals surface area contributed by atoms with Gasteiger partial charge in [0.1, 0.15) is 5.01 Å². The summed E-state index contributed by atoms with van der Waals surface area (Å²) >= 11 is 1.66. The Bertz CT molecular complexity index is 1070. The van der Waals surface area contributed by atoms with Crippen LogP contribution in [-0.4, -0.2) is 27.5 Å². The second-order valence-corrected chi connectivity index (χ2v) is 7.68. The molecule has 0 radical (unpaired) electrons. The Morgan fingerprint density at radius 1 is 1.11 bits per heavy atom. The lowest BCUT2D eigenvalue weighted by Gasteiger charge is -2.21. The van der Waals surface area contributed by atoms with Crippen molar-refractivity contribution in [3.8, 4) is 11.3 Å². The van der Waals surface area contributed by atoms with Gasteiger partial charge in [0.05, 0.1) is 16.3 Å². The topological polar surface area (TPSA) is 59.2 Å². The fourth-order valence-electron chi connectivity index (χ4n) is 3.56. The molecule has 1 aliphatic rings. The summed E-state index contributed by atoms with van der Waals surface area (Å²) in [5, 5.41) is 5.02. The van der Waals surface area contributed by atoms with Gasteiger partial charge in [-0.3, -0.25) is 4.79 Å². The first kappa shape index (κ1) is 16.2. The van der Waals surface area contributed by atoms with Crippen molar-refractivity contribution in [3.63, 3.8) is 0 Å². The van der Waals surface area contributed by atoms with E-state index in [1.807, 2.05) is 53.4 Å². The molecule has 0 saturated carbocycles. The van der Waals surface area contributed by atoms with Crippen molar-refractivity contribution in [1.82, 2.24) is 15.0 Å². The van der Waals surface area contributed by atoms with E-state index in [0.29, 0.717) is 18.0 Å². The van der Waals surface area contributed by atoms with Crippen molar-refractivity contribution < 1.29 is 9.32 Å². The Kier molecular flexibility index (Phi) is 3.98. The lowest BCUT2D eigenvalue weighted by atomic mass is 10.1. The van der Waals surface area contributed by atoms with E-state index in [2.05, 4.69) is 11.2 Å². The van der Waals surface area contributed by atoms with Crippen LogP contribution < -0.4 is 0 Å². The lowest BCUT2D eigenvalue weighted by Crippen LogP contribution is -2.30. The maximum absolute atomic E-state index is 13.1. The van der Waals surface area contributed by atoms with Crippen LogP contribution in [0.4, 0.5) is 0 Å². The van der Waals surface area contributed by atoms with Gasteiger partial charge in [0.2, 0.25) is 0 Å². The number of benzene rings is 2. The molecule has 5 rings (SSSR count). The number of carbonyl (C=O) groups excluding carboxylic acids is 1. The van der Waals surface area contributed by atoms with Crippen LogP contribution in [0, 0.1) is 0 Å². The van der Waals surface area contributed by atoms with Crippen LogP contribution in [-0.2, 0) is 0 Å². The molecule has 3 heterocycles. The molecule has 0 N–H and O–H groups in total. The summed E-state index contributed by atoms with van der Waals surface area (Å²) < 4.78 is 6.56. The molecule has 0 spiro atoms. The molecule has 27 heavy (non-hydrogen) atoms. The average Bonchev–Trinajstić information content (AvgIpc) is 3.46. The minimum atomic E-state index is -0.0947. The molecule has 4 aromatic rings. The Morgan fingerprint density at radius 2 is 1.93 bits per heavy atom. The summed E-state index contributed by atoms with van der Waals surface area (Å²) in [5.74, 6) is 0.511. The molecule has 134 valence electrons. The molecule has 0 aliphatic carbocycles. The SMILES string of the molecule is O=C(c1cc(-c2ccccc2)on1)N1CCCC1c1nc2ccccc2s1. The van der Waals surface area contributed by atoms with Crippen molar-refractivity contribution in [2.45, 2.75) is 18.9 Å². The summed E-state index contributed by atoms with van der Waals surface area (Å²) in [6.45, 7) is 0.715. The van der Waals surface area contributed by atoms with Crippen molar-refractivity contribution in [2.24, 2.45) is 0 Å². The van der Waals surface area contributed by atoms with Gasteiger partial charge < -0.3 is 9.42 Å². The zero-order valence-corrected chi connectivity index (χ0v) is 15.4. The van der Waals surface area contributed by atoms with Gasteiger partial charge in [0, 0.05) is 18.2 Å². The fourth-order valence-corrected chi connectivity index (χ4v) is 4.68. The van der Waals surface area contributed by atoms with E-state index in [9.17, 15) is 4.79 Å². The van der Waals surface area contributed by atoms with Crippen LogP contribution in [0.3, 0.4) is 0 Å². The van der Waals surface area contributed by atoms with Gasteiger partial charge in [-0.05, 0) is 25.0 Å². The van der Waals surface area contributed by atoms with E-state index >= 15 is 0 Å². The predicted molar refractivity (Wildman–Crippen MR) is 105 cm³/mol.